The molecule has 0 atom stereocenters. The minimum Gasteiger partial charge on any atom is -0.475 e. The number of rotatable bonds is 3. The van der Waals surface area contributed by atoms with Crippen LogP contribution in [0.25, 0.3) is 11.1 Å². The highest BCUT2D eigenvalue weighted by Gasteiger charge is 2.38. The summed E-state index contributed by atoms with van der Waals surface area (Å²) in [7, 11) is 0. The van der Waals surface area contributed by atoms with E-state index in [0.29, 0.717) is 17.0 Å². The molecule has 1 aliphatic carbocycles. The smallest absolute Gasteiger partial charge is 0.475 e. The van der Waals surface area contributed by atoms with Gasteiger partial charge in [-0.15, -0.1) is 0 Å². The average Bonchev–Trinajstić information content (AvgIpc) is 2.78. The van der Waals surface area contributed by atoms with E-state index in [0.717, 1.165) is 25.1 Å². The molecule has 2 aromatic rings. The number of nitrogens with two attached hydrogens (primary N) is 1. The van der Waals surface area contributed by atoms with Gasteiger partial charge >= 0.3 is 12.1 Å². The number of amides is 1. The van der Waals surface area contributed by atoms with Gasteiger partial charge in [0, 0.05) is 24.7 Å². The zero-order valence-corrected chi connectivity index (χ0v) is 19.8. The molecule has 2 aliphatic rings. The quantitative estimate of drug-likeness (QED) is 0.548. The Morgan fingerprint density at radius 2 is 1.71 bits per heavy atom. The van der Waals surface area contributed by atoms with Crippen molar-refractivity contribution >= 4 is 11.9 Å². The summed E-state index contributed by atoms with van der Waals surface area (Å²) < 4.78 is 46.4. The molecular formula is C26H30F4N2O3. The molecule has 190 valence electrons. The van der Waals surface area contributed by atoms with Crippen LogP contribution < -0.4 is 5.73 Å². The summed E-state index contributed by atoms with van der Waals surface area (Å²) in [5.41, 5.74) is 9.60. The van der Waals surface area contributed by atoms with Crippen LogP contribution in [0.2, 0.25) is 0 Å². The van der Waals surface area contributed by atoms with Gasteiger partial charge in [-0.2, -0.15) is 13.2 Å². The number of carbonyl (C=O) groups is 2. The molecule has 0 aromatic heterocycles. The summed E-state index contributed by atoms with van der Waals surface area (Å²) in [5, 5.41) is 7.12. The van der Waals surface area contributed by atoms with Crippen molar-refractivity contribution in [3.05, 3.63) is 58.9 Å². The Balaban J connectivity index is 0.000000429. The van der Waals surface area contributed by atoms with Gasteiger partial charge in [-0.25, -0.2) is 9.18 Å². The molecule has 9 heteroatoms. The van der Waals surface area contributed by atoms with E-state index in [-0.39, 0.29) is 5.56 Å². The van der Waals surface area contributed by atoms with Crippen molar-refractivity contribution in [1.29, 1.82) is 0 Å². The molecular weight excluding hydrogens is 464 g/mol. The van der Waals surface area contributed by atoms with Crippen molar-refractivity contribution in [2.75, 3.05) is 6.54 Å². The first-order valence-corrected chi connectivity index (χ1v) is 11.5. The summed E-state index contributed by atoms with van der Waals surface area (Å²) in [4.78, 5) is 23.0. The van der Waals surface area contributed by atoms with Crippen LogP contribution in [-0.4, -0.2) is 40.6 Å². The monoisotopic (exact) mass is 494 g/mol. The third kappa shape index (κ3) is 6.60. The Labute approximate surface area is 201 Å². The molecule has 2 aromatic carbocycles. The van der Waals surface area contributed by atoms with Gasteiger partial charge in [0.25, 0.3) is 5.91 Å². The largest absolute Gasteiger partial charge is 0.490 e. The van der Waals surface area contributed by atoms with Gasteiger partial charge in [0.1, 0.15) is 5.82 Å². The number of halogens is 4. The van der Waals surface area contributed by atoms with Gasteiger partial charge in [0.2, 0.25) is 0 Å². The number of nitrogens with zero attached hydrogens (tertiary/aromatic N) is 1. The molecule has 0 spiro atoms. The number of carbonyl (C=O) groups excluding carboxylic acids is 1. The van der Waals surface area contributed by atoms with Crippen molar-refractivity contribution in [2.45, 2.75) is 64.7 Å². The summed E-state index contributed by atoms with van der Waals surface area (Å²) in [5.74, 6) is -4.02. The zero-order valence-electron chi connectivity index (χ0n) is 19.8. The summed E-state index contributed by atoms with van der Waals surface area (Å²) in [6.07, 6.45) is 1.07. The minimum atomic E-state index is -5.08. The fourth-order valence-electron chi connectivity index (χ4n) is 4.75. The second kappa shape index (κ2) is 10.4. The summed E-state index contributed by atoms with van der Waals surface area (Å²) in [6, 6.07) is 11.7. The molecule has 0 bridgehead atoms. The van der Waals surface area contributed by atoms with E-state index in [9.17, 15) is 22.4 Å². The first kappa shape index (κ1) is 26.7. The summed E-state index contributed by atoms with van der Waals surface area (Å²) in [6.45, 7) is 6.79. The van der Waals surface area contributed by atoms with Crippen molar-refractivity contribution in [1.82, 2.24) is 4.90 Å². The lowest BCUT2D eigenvalue weighted by atomic mass is 9.75. The van der Waals surface area contributed by atoms with Crippen LogP contribution in [0.3, 0.4) is 0 Å². The lowest BCUT2D eigenvalue weighted by Crippen LogP contribution is -2.42. The van der Waals surface area contributed by atoms with E-state index >= 15 is 0 Å². The standard InChI is InChI=1S/C24H29FN2O.C2HF3O2/c1-24(2)11-8-19(9-12-24)27-13-10-16-14-17(6-7-18(16)15-27)20-4-3-5-21(22(20)25)23(26)28;3-2(4,5)1(6)7/h3-7,14,19H,8-13,15H2,1-2H3,(H2,26,28);(H,6,7). The molecule has 1 fully saturated rings. The molecule has 3 N–H and O–H groups in total. The average molecular weight is 495 g/mol. The number of aliphatic carboxylic acids is 1. The lowest BCUT2D eigenvalue weighted by Gasteiger charge is -2.42. The van der Waals surface area contributed by atoms with E-state index in [2.05, 4.69) is 30.9 Å². The Kier molecular flexibility index (Phi) is 7.89. The number of carboxylic acids is 1. The molecule has 0 unspecified atom stereocenters. The van der Waals surface area contributed by atoms with Crippen molar-refractivity contribution in [3.63, 3.8) is 0 Å². The molecule has 1 heterocycles. The third-order valence-corrected chi connectivity index (χ3v) is 6.89. The zero-order chi connectivity index (χ0) is 26.0. The van der Waals surface area contributed by atoms with Crippen LogP contribution in [0.1, 0.15) is 61.0 Å². The highest BCUT2D eigenvalue weighted by molar-refractivity contribution is 5.94. The number of carboxylic acid groups (broad SMARTS) is 1. The molecule has 0 radical (unpaired) electrons. The van der Waals surface area contributed by atoms with E-state index in [1.807, 2.05) is 6.07 Å². The molecule has 1 aliphatic heterocycles. The Bertz CT molecular complexity index is 1090. The maximum absolute atomic E-state index is 14.7. The van der Waals surface area contributed by atoms with Crippen LogP contribution in [0, 0.1) is 11.2 Å². The van der Waals surface area contributed by atoms with E-state index < -0.39 is 23.9 Å². The second-order valence-electron chi connectivity index (χ2n) is 9.93. The Morgan fingerprint density at radius 1 is 1.09 bits per heavy atom. The van der Waals surface area contributed by atoms with Crippen molar-refractivity contribution < 1.29 is 32.3 Å². The van der Waals surface area contributed by atoms with Gasteiger partial charge in [-0.3, -0.25) is 9.69 Å². The maximum atomic E-state index is 14.7. The molecule has 4 rings (SSSR count). The number of hydrogen-bond donors (Lipinski definition) is 2. The van der Waals surface area contributed by atoms with Crippen molar-refractivity contribution in [3.8, 4) is 11.1 Å². The van der Waals surface area contributed by atoms with Gasteiger partial charge < -0.3 is 10.8 Å². The van der Waals surface area contributed by atoms with Gasteiger partial charge in [-0.1, -0.05) is 44.2 Å². The number of primary amides is 1. The van der Waals surface area contributed by atoms with E-state index in [1.165, 1.54) is 42.9 Å². The number of alkyl halides is 3. The SMILES string of the molecule is CC1(C)CCC(N2CCc3cc(-c4cccc(C(N)=O)c4F)ccc3C2)CC1.O=C(O)C(F)(F)F. The Hall–Kier alpha value is -2.94. The predicted octanol–water partition coefficient (Wildman–Crippen LogP) is 5.55. The number of benzene rings is 2. The fraction of sp³-hybridized carbons (Fsp3) is 0.462. The van der Waals surface area contributed by atoms with Crippen LogP contribution in [0.15, 0.2) is 36.4 Å². The first-order chi connectivity index (χ1) is 16.3. The normalized spacial score (nSPS) is 18.2. The van der Waals surface area contributed by atoms with Crippen LogP contribution in [-0.2, 0) is 17.8 Å². The molecule has 1 amide bonds. The van der Waals surface area contributed by atoms with Crippen LogP contribution >= 0.6 is 0 Å². The highest BCUT2D eigenvalue weighted by Crippen LogP contribution is 2.38. The van der Waals surface area contributed by atoms with E-state index in [1.54, 1.807) is 12.1 Å². The fourth-order valence-corrected chi connectivity index (χ4v) is 4.75. The van der Waals surface area contributed by atoms with E-state index in [4.69, 9.17) is 15.6 Å². The van der Waals surface area contributed by atoms with Crippen molar-refractivity contribution in [2.24, 2.45) is 11.1 Å². The molecule has 1 saturated carbocycles. The molecule has 35 heavy (non-hydrogen) atoms. The van der Waals surface area contributed by atoms with Gasteiger partial charge in [0.15, 0.2) is 0 Å². The maximum Gasteiger partial charge on any atom is 0.490 e. The van der Waals surface area contributed by atoms with Crippen LogP contribution in [0.4, 0.5) is 17.6 Å². The topological polar surface area (TPSA) is 83.6 Å². The number of fused-ring (bicyclic) bond motifs is 1. The third-order valence-electron chi connectivity index (χ3n) is 6.89. The summed E-state index contributed by atoms with van der Waals surface area (Å²) >= 11 is 0. The lowest BCUT2D eigenvalue weighted by molar-refractivity contribution is -0.192. The minimum absolute atomic E-state index is 0.0541. The Morgan fingerprint density at radius 3 is 2.29 bits per heavy atom. The second-order valence-corrected chi connectivity index (χ2v) is 9.93. The first-order valence-electron chi connectivity index (χ1n) is 11.5. The van der Waals surface area contributed by atoms with Gasteiger partial charge in [-0.05, 0) is 60.3 Å². The predicted molar refractivity (Wildman–Crippen MR) is 124 cm³/mol. The molecule has 0 saturated heterocycles. The molecule has 5 nitrogen and oxygen atoms in total. The number of hydrogen-bond acceptors (Lipinski definition) is 3. The van der Waals surface area contributed by atoms with Gasteiger partial charge in [0.05, 0.1) is 5.56 Å². The van der Waals surface area contributed by atoms with Crippen LogP contribution in [0.5, 0.6) is 0 Å². The highest BCUT2D eigenvalue weighted by atomic mass is 19.4.